The van der Waals surface area contributed by atoms with Crippen LogP contribution in [0.4, 0.5) is 4.79 Å². The fraction of sp³-hybridized carbons (Fsp3) is 0.444. The van der Waals surface area contributed by atoms with Gasteiger partial charge in [-0.3, -0.25) is 14.3 Å². The van der Waals surface area contributed by atoms with E-state index in [4.69, 9.17) is 16.3 Å². The smallest absolute Gasteiger partial charge is 0.324 e. The summed E-state index contributed by atoms with van der Waals surface area (Å²) in [6.07, 6.45) is 2.09. The van der Waals surface area contributed by atoms with Gasteiger partial charge in [0.15, 0.2) is 11.0 Å². The van der Waals surface area contributed by atoms with E-state index in [1.165, 1.54) is 16.7 Å². The van der Waals surface area contributed by atoms with Crippen molar-refractivity contribution in [1.82, 2.24) is 25.0 Å². The van der Waals surface area contributed by atoms with Gasteiger partial charge in [-0.05, 0) is 31.9 Å². The summed E-state index contributed by atoms with van der Waals surface area (Å²) in [5.41, 5.74) is 0. The Kier molecular flexibility index (Phi) is 5.45. The summed E-state index contributed by atoms with van der Waals surface area (Å²) in [5, 5.41) is 11.9. The number of amides is 3. The van der Waals surface area contributed by atoms with Gasteiger partial charge in [-0.2, -0.15) is 0 Å². The molecular weight excluding hydrogens is 402 g/mol. The van der Waals surface area contributed by atoms with Gasteiger partial charge in [0.25, 0.3) is 0 Å². The van der Waals surface area contributed by atoms with Gasteiger partial charge in [-0.25, -0.2) is 4.79 Å². The first-order valence-electron chi connectivity index (χ1n) is 9.11. The monoisotopic (exact) mass is 421 g/mol. The fourth-order valence-electron chi connectivity index (χ4n) is 3.00. The highest BCUT2D eigenvalue weighted by Crippen LogP contribution is 2.40. The molecule has 1 unspecified atom stereocenters. The SMILES string of the molecule is CC(Sc1nnc(COc2ccccc2Cl)n1C1CC1)C(=O)N1CCNC1=O. The Morgan fingerprint density at radius 2 is 2.18 bits per heavy atom. The molecule has 1 atom stereocenters. The maximum atomic E-state index is 12.6. The van der Waals surface area contributed by atoms with E-state index < -0.39 is 5.25 Å². The molecule has 8 nitrogen and oxygen atoms in total. The van der Waals surface area contributed by atoms with Gasteiger partial charge < -0.3 is 10.1 Å². The lowest BCUT2D eigenvalue weighted by molar-refractivity contribution is -0.126. The molecule has 1 aromatic heterocycles. The van der Waals surface area contributed by atoms with Crippen molar-refractivity contribution in [3.05, 3.63) is 35.1 Å². The highest BCUT2D eigenvalue weighted by atomic mass is 35.5. The molecule has 2 aromatic rings. The van der Waals surface area contributed by atoms with E-state index in [1.54, 1.807) is 19.1 Å². The number of imide groups is 1. The number of hydrogen-bond acceptors (Lipinski definition) is 6. The molecule has 1 aliphatic heterocycles. The number of urea groups is 1. The molecule has 28 heavy (non-hydrogen) atoms. The first-order valence-corrected chi connectivity index (χ1v) is 10.4. The first kappa shape index (κ1) is 19.1. The van der Waals surface area contributed by atoms with Crippen LogP contribution < -0.4 is 10.1 Å². The molecule has 1 saturated heterocycles. The highest BCUT2D eigenvalue weighted by Gasteiger charge is 2.34. The summed E-state index contributed by atoms with van der Waals surface area (Å²) >= 11 is 7.46. The average Bonchev–Trinajstić information content (AvgIpc) is 3.31. The van der Waals surface area contributed by atoms with Crippen molar-refractivity contribution in [2.24, 2.45) is 0 Å². The third-order valence-corrected chi connectivity index (χ3v) is 5.95. The molecule has 1 aromatic carbocycles. The Bertz CT molecular complexity index is 901. The minimum Gasteiger partial charge on any atom is -0.484 e. The van der Waals surface area contributed by atoms with Crippen LogP contribution >= 0.6 is 23.4 Å². The summed E-state index contributed by atoms with van der Waals surface area (Å²) in [6.45, 7) is 2.91. The molecule has 4 rings (SSSR count). The second kappa shape index (κ2) is 8.00. The van der Waals surface area contributed by atoms with E-state index in [9.17, 15) is 9.59 Å². The van der Waals surface area contributed by atoms with Gasteiger partial charge in [0.05, 0.1) is 10.3 Å². The lowest BCUT2D eigenvalue weighted by Gasteiger charge is -2.17. The van der Waals surface area contributed by atoms with Gasteiger partial charge in [-0.15, -0.1) is 10.2 Å². The highest BCUT2D eigenvalue weighted by molar-refractivity contribution is 8.00. The molecule has 2 aliphatic rings. The van der Waals surface area contributed by atoms with Gasteiger partial charge in [-0.1, -0.05) is 35.5 Å². The van der Waals surface area contributed by atoms with E-state index in [2.05, 4.69) is 15.5 Å². The van der Waals surface area contributed by atoms with Crippen LogP contribution in [0.2, 0.25) is 5.02 Å². The number of para-hydroxylation sites is 1. The molecule has 0 spiro atoms. The second-order valence-corrected chi connectivity index (χ2v) is 8.42. The summed E-state index contributed by atoms with van der Waals surface area (Å²) in [7, 11) is 0. The molecule has 0 radical (unpaired) electrons. The predicted molar refractivity (Wildman–Crippen MR) is 105 cm³/mol. The summed E-state index contributed by atoms with van der Waals surface area (Å²) < 4.78 is 7.85. The third-order valence-electron chi connectivity index (χ3n) is 4.59. The number of ether oxygens (including phenoxy) is 1. The Morgan fingerprint density at radius 1 is 1.39 bits per heavy atom. The topological polar surface area (TPSA) is 89.3 Å². The maximum absolute atomic E-state index is 12.6. The number of benzene rings is 1. The standard InChI is InChI=1S/C18H20ClN5O3S/c1-11(16(25)23-9-8-20-17(23)26)28-18-22-21-15(24(18)12-6-7-12)10-27-14-5-3-2-4-13(14)19/h2-5,11-12H,6-10H2,1H3,(H,20,26). The zero-order valence-corrected chi connectivity index (χ0v) is 16.9. The van der Waals surface area contributed by atoms with Crippen LogP contribution in [0.5, 0.6) is 5.75 Å². The molecule has 1 saturated carbocycles. The number of thioether (sulfide) groups is 1. The van der Waals surface area contributed by atoms with Crippen molar-refractivity contribution < 1.29 is 14.3 Å². The minimum atomic E-state index is -0.442. The van der Waals surface area contributed by atoms with Crippen molar-refractivity contribution in [3.63, 3.8) is 0 Å². The van der Waals surface area contributed by atoms with Gasteiger partial charge >= 0.3 is 6.03 Å². The molecule has 148 valence electrons. The normalized spacial score (nSPS) is 17.5. The van der Waals surface area contributed by atoms with Crippen molar-refractivity contribution in [3.8, 4) is 5.75 Å². The molecular formula is C18H20ClN5O3S. The third kappa shape index (κ3) is 3.95. The summed E-state index contributed by atoms with van der Waals surface area (Å²) in [4.78, 5) is 25.5. The van der Waals surface area contributed by atoms with Gasteiger partial charge in [0, 0.05) is 19.1 Å². The average molecular weight is 422 g/mol. The van der Waals surface area contributed by atoms with Crippen molar-refractivity contribution in [2.75, 3.05) is 13.1 Å². The molecule has 10 heteroatoms. The number of carbonyl (C=O) groups excluding carboxylic acids is 2. The van der Waals surface area contributed by atoms with Crippen LogP contribution in [0.15, 0.2) is 29.4 Å². The van der Waals surface area contributed by atoms with Crippen LogP contribution in [-0.2, 0) is 11.4 Å². The second-order valence-electron chi connectivity index (χ2n) is 6.70. The van der Waals surface area contributed by atoms with E-state index in [0.29, 0.717) is 40.9 Å². The zero-order chi connectivity index (χ0) is 19.7. The van der Waals surface area contributed by atoms with E-state index >= 15 is 0 Å². The molecule has 2 heterocycles. The predicted octanol–water partition coefficient (Wildman–Crippen LogP) is 2.88. The number of aromatic nitrogens is 3. The fourth-order valence-corrected chi connectivity index (χ4v) is 4.19. The van der Waals surface area contributed by atoms with Crippen LogP contribution in [0.3, 0.4) is 0 Å². The van der Waals surface area contributed by atoms with E-state index in [0.717, 1.165) is 12.8 Å². The largest absolute Gasteiger partial charge is 0.484 e. The Labute approximate surface area is 171 Å². The number of hydrogen-bond donors (Lipinski definition) is 1. The van der Waals surface area contributed by atoms with Crippen molar-refractivity contribution in [2.45, 2.75) is 42.8 Å². The molecule has 0 bridgehead atoms. The van der Waals surface area contributed by atoms with Crippen LogP contribution in [-0.4, -0.2) is 49.9 Å². The van der Waals surface area contributed by atoms with E-state index in [-0.39, 0.29) is 18.5 Å². The zero-order valence-electron chi connectivity index (χ0n) is 15.3. The lowest BCUT2D eigenvalue weighted by atomic mass is 10.3. The lowest BCUT2D eigenvalue weighted by Crippen LogP contribution is -2.39. The number of nitrogens with zero attached hydrogens (tertiary/aromatic N) is 4. The van der Waals surface area contributed by atoms with Crippen molar-refractivity contribution >= 4 is 35.3 Å². The number of rotatable bonds is 7. The Balaban J connectivity index is 1.47. The molecule has 1 N–H and O–H groups in total. The van der Waals surface area contributed by atoms with Crippen LogP contribution in [0.1, 0.15) is 31.6 Å². The molecule has 3 amide bonds. The minimum absolute atomic E-state index is 0.223. The number of halogens is 1. The van der Waals surface area contributed by atoms with Crippen LogP contribution in [0.25, 0.3) is 0 Å². The number of nitrogens with one attached hydrogen (secondary N) is 1. The first-order chi connectivity index (χ1) is 13.5. The maximum Gasteiger partial charge on any atom is 0.324 e. The van der Waals surface area contributed by atoms with E-state index in [1.807, 2.05) is 16.7 Å². The van der Waals surface area contributed by atoms with Gasteiger partial charge in [0.1, 0.15) is 12.4 Å². The van der Waals surface area contributed by atoms with Crippen LogP contribution in [0, 0.1) is 0 Å². The van der Waals surface area contributed by atoms with Crippen molar-refractivity contribution in [1.29, 1.82) is 0 Å². The Hall–Kier alpha value is -2.26. The molecule has 2 fully saturated rings. The molecule has 1 aliphatic carbocycles. The summed E-state index contributed by atoms with van der Waals surface area (Å²) in [6, 6.07) is 7.25. The quantitative estimate of drug-likeness (QED) is 0.691. The number of carbonyl (C=O) groups is 2. The Morgan fingerprint density at radius 3 is 2.86 bits per heavy atom. The van der Waals surface area contributed by atoms with Gasteiger partial charge in [0.2, 0.25) is 5.91 Å². The summed E-state index contributed by atoms with van der Waals surface area (Å²) in [5.74, 6) is 1.06.